The molecule has 2 aromatic carbocycles. The topological polar surface area (TPSA) is 82.6 Å². The van der Waals surface area contributed by atoms with E-state index in [0.717, 1.165) is 22.9 Å². The fourth-order valence-electron chi connectivity index (χ4n) is 5.09. The van der Waals surface area contributed by atoms with E-state index in [1.807, 2.05) is 30.3 Å². The Morgan fingerprint density at radius 3 is 2.42 bits per heavy atom. The molecule has 1 fully saturated rings. The quantitative estimate of drug-likeness (QED) is 0.324. The molecule has 8 nitrogen and oxygen atoms in total. The van der Waals surface area contributed by atoms with E-state index in [1.165, 1.54) is 4.57 Å². The summed E-state index contributed by atoms with van der Waals surface area (Å²) in [6, 6.07) is 15.0. The third-order valence-corrected chi connectivity index (χ3v) is 7.44. The number of fused-ring (bicyclic) bond motifs is 1. The van der Waals surface area contributed by atoms with Crippen LogP contribution >= 0.6 is 0 Å². The first-order valence-electron chi connectivity index (χ1n) is 13.1. The Labute approximate surface area is 228 Å². The standard InChI is InChI=1S/C29H28F3N7O/c1-17(2)21-6-4-5-7-22(21)25-34-14-23-27(36-25)39(28(40)37(23)3)15-18-8-10-19(11-9-18)26-35-24(29(30,31)32)16-38(26)20-12-33-13-20/h4-11,14,16-17,20,33H,12-13,15H2,1-3H3. The number of benzene rings is 2. The molecule has 0 bridgehead atoms. The third-order valence-electron chi connectivity index (χ3n) is 7.44. The smallest absolute Gasteiger partial charge is 0.325 e. The van der Waals surface area contributed by atoms with E-state index in [-0.39, 0.29) is 30.0 Å². The van der Waals surface area contributed by atoms with Crippen molar-refractivity contribution in [2.45, 2.75) is 38.5 Å². The van der Waals surface area contributed by atoms with Gasteiger partial charge in [-0.3, -0.25) is 9.13 Å². The molecule has 3 aromatic heterocycles. The van der Waals surface area contributed by atoms with Gasteiger partial charge in [0.05, 0.1) is 18.8 Å². The summed E-state index contributed by atoms with van der Waals surface area (Å²) < 4.78 is 45.0. The maximum absolute atomic E-state index is 13.4. The minimum absolute atomic E-state index is 0.0813. The molecular weight excluding hydrogens is 519 g/mol. The van der Waals surface area contributed by atoms with Crippen molar-refractivity contribution >= 4 is 11.2 Å². The van der Waals surface area contributed by atoms with Crippen molar-refractivity contribution in [3.8, 4) is 22.8 Å². The zero-order chi connectivity index (χ0) is 28.2. The van der Waals surface area contributed by atoms with Gasteiger partial charge < -0.3 is 9.88 Å². The number of imidazole rings is 2. The molecule has 0 unspecified atom stereocenters. The molecule has 0 radical (unpaired) electrons. The van der Waals surface area contributed by atoms with Crippen LogP contribution in [0.3, 0.4) is 0 Å². The van der Waals surface area contributed by atoms with E-state index in [4.69, 9.17) is 4.98 Å². The predicted octanol–water partition coefficient (Wildman–Crippen LogP) is 5.00. The molecule has 0 spiro atoms. The number of hydrogen-bond donors (Lipinski definition) is 1. The first-order valence-corrected chi connectivity index (χ1v) is 13.1. The number of rotatable bonds is 6. The Bertz CT molecular complexity index is 1760. The molecular formula is C29H28F3N7O. The van der Waals surface area contributed by atoms with Gasteiger partial charge in [-0.25, -0.2) is 19.7 Å². The van der Waals surface area contributed by atoms with Crippen LogP contribution in [0.4, 0.5) is 13.2 Å². The van der Waals surface area contributed by atoms with Gasteiger partial charge in [0.15, 0.2) is 17.2 Å². The molecule has 1 N–H and O–H groups in total. The van der Waals surface area contributed by atoms with Gasteiger partial charge in [0.25, 0.3) is 0 Å². The van der Waals surface area contributed by atoms with E-state index in [1.54, 1.807) is 34.5 Å². The Morgan fingerprint density at radius 1 is 1.05 bits per heavy atom. The Hall–Kier alpha value is -4.25. The molecule has 4 heterocycles. The Kier molecular flexibility index (Phi) is 6.33. The summed E-state index contributed by atoms with van der Waals surface area (Å²) in [6.07, 6.45) is -1.77. The third kappa shape index (κ3) is 4.49. The second-order valence-electron chi connectivity index (χ2n) is 10.4. The normalized spacial score (nSPS) is 14.3. The summed E-state index contributed by atoms with van der Waals surface area (Å²) in [6.45, 7) is 5.65. The van der Waals surface area contributed by atoms with Crippen molar-refractivity contribution < 1.29 is 13.2 Å². The number of aromatic nitrogens is 6. The molecule has 0 saturated carbocycles. The van der Waals surface area contributed by atoms with Crippen LogP contribution < -0.4 is 11.0 Å². The van der Waals surface area contributed by atoms with Crippen LogP contribution in [-0.4, -0.2) is 41.7 Å². The first-order chi connectivity index (χ1) is 19.1. The van der Waals surface area contributed by atoms with Crippen LogP contribution in [0.1, 0.15) is 42.6 Å². The van der Waals surface area contributed by atoms with Crippen molar-refractivity contribution in [1.82, 2.24) is 34.0 Å². The predicted molar refractivity (Wildman–Crippen MR) is 146 cm³/mol. The number of hydrogen-bond acceptors (Lipinski definition) is 5. The fraction of sp³-hybridized carbons (Fsp3) is 0.310. The van der Waals surface area contributed by atoms with Gasteiger partial charge in [-0.05, 0) is 17.0 Å². The van der Waals surface area contributed by atoms with Gasteiger partial charge in [0.2, 0.25) is 0 Å². The maximum Gasteiger partial charge on any atom is 0.434 e. The first kappa shape index (κ1) is 26.0. The van der Waals surface area contributed by atoms with Gasteiger partial charge in [-0.15, -0.1) is 0 Å². The van der Waals surface area contributed by atoms with Crippen LogP contribution in [0.15, 0.2) is 65.7 Å². The van der Waals surface area contributed by atoms with E-state index in [0.29, 0.717) is 35.6 Å². The molecule has 0 aliphatic carbocycles. The summed E-state index contributed by atoms with van der Waals surface area (Å²) in [5, 5.41) is 3.09. The summed E-state index contributed by atoms with van der Waals surface area (Å²) in [5.41, 5.74) is 3.41. The van der Waals surface area contributed by atoms with Crippen molar-refractivity contribution in [2.24, 2.45) is 7.05 Å². The molecule has 1 saturated heterocycles. The molecule has 0 amide bonds. The highest BCUT2D eigenvalue weighted by atomic mass is 19.4. The number of aryl methyl sites for hydroxylation is 1. The summed E-state index contributed by atoms with van der Waals surface area (Å²) >= 11 is 0. The van der Waals surface area contributed by atoms with E-state index < -0.39 is 11.9 Å². The van der Waals surface area contributed by atoms with Crippen molar-refractivity contribution in [3.63, 3.8) is 0 Å². The molecule has 6 rings (SSSR count). The second-order valence-corrected chi connectivity index (χ2v) is 10.4. The lowest BCUT2D eigenvalue weighted by Crippen LogP contribution is -2.43. The lowest BCUT2D eigenvalue weighted by Gasteiger charge is -2.29. The lowest BCUT2D eigenvalue weighted by molar-refractivity contribution is -0.140. The minimum Gasteiger partial charge on any atom is -0.325 e. The van der Waals surface area contributed by atoms with E-state index >= 15 is 0 Å². The number of halogens is 3. The van der Waals surface area contributed by atoms with Gasteiger partial charge >= 0.3 is 11.9 Å². The summed E-state index contributed by atoms with van der Waals surface area (Å²) in [4.78, 5) is 26.5. The zero-order valence-electron chi connectivity index (χ0n) is 22.3. The van der Waals surface area contributed by atoms with Gasteiger partial charge in [-0.1, -0.05) is 62.4 Å². The number of nitrogens with zero attached hydrogens (tertiary/aromatic N) is 6. The van der Waals surface area contributed by atoms with Gasteiger partial charge in [0.1, 0.15) is 11.3 Å². The number of nitrogens with one attached hydrogen (secondary N) is 1. The molecule has 0 atom stereocenters. The van der Waals surface area contributed by atoms with Crippen LogP contribution in [0.25, 0.3) is 33.9 Å². The summed E-state index contributed by atoms with van der Waals surface area (Å²) in [7, 11) is 1.68. The highest BCUT2D eigenvalue weighted by molar-refractivity contribution is 5.74. The average molecular weight is 548 g/mol. The van der Waals surface area contributed by atoms with Gasteiger partial charge in [-0.2, -0.15) is 13.2 Å². The van der Waals surface area contributed by atoms with E-state index in [2.05, 4.69) is 35.2 Å². The van der Waals surface area contributed by atoms with Crippen molar-refractivity contribution in [3.05, 3.63) is 88.2 Å². The molecule has 1 aliphatic rings. The van der Waals surface area contributed by atoms with Crippen molar-refractivity contribution in [2.75, 3.05) is 13.1 Å². The van der Waals surface area contributed by atoms with Crippen molar-refractivity contribution in [1.29, 1.82) is 0 Å². The lowest BCUT2D eigenvalue weighted by atomic mass is 9.97. The van der Waals surface area contributed by atoms with E-state index in [9.17, 15) is 18.0 Å². The molecule has 206 valence electrons. The molecule has 1 aliphatic heterocycles. The minimum atomic E-state index is -4.52. The fourth-order valence-corrected chi connectivity index (χ4v) is 5.09. The SMILES string of the molecule is CC(C)c1ccccc1-c1ncc2c(n1)n(Cc1ccc(-c3nc(C(F)(F)F)cn3C3CNC3)cc1)c(=O)n2C. The second kappa shape index (κ2) is 9.74. The van der Waals surface area contributed by atoms with Gasteiger partial charge in [0, 0.05) is 37.5 Å². The highest BCUT2D eigenvalue weighted by Crippen LogP contribution is 2.33. The van der Waals surface area contributed by atoms with Crippen LogP contribution in [0, 0.1) is 0 Å². The monoisotopic (exact) mass is 547 g/mol. The zero-order valence-corrected chi connectivity index (χ0v) is 22.3. The molecule has 5 aromatic rings. The average Bonchev–Trinajstić information content (AvgIpc) is 3.44. The Balaban J connectivity index is 1.36. The maximum atomic E-state index is 13.4. The largest absolute Gasteiger partial charge is 0.434 e. The van der Waals surface area contributed by atoms with Crippen LogP contribution in [0.5, 0.6) is 0 Å². The number of alkyl halides is 3. The van der Waals surface area contributed by atoms with Crippen LogP contribution in [0.2, 0.25) is 0 Å². The molecule has 11 heteroatoms. The summed E-state index contributed by atoms with van der Waals surface area (Å²) in [5.74, 6) is 1.09. The highest BCUT2D eigenvalue weighted by Gasteiger charge is 2.36. The molecule has 40 heavy (non-hydrogen) atoms. The van der Waals surface area contributed by atoms with Crippen LogP contribution in [-0.2, 0) is 19.8 Å². The Morgan fingerprint density at radius 2 is 1.77 bits per heavy atom.